The Labute approximate surface area is 114 Å². The van der Waals surface area contributed by atoms with Gasteiger partial charge in [-0.25, -0.2) is 4.79 Å². The van der Waals surface area contributed by atoms with Crippen LogP contribution in [0.2, 0.25) is 5.02 Å². The molecule has 0 bridgehead atoms. The van der Waals surface area contributed by atoms with E-state index in [2.05, 4.69) is 4.74 Å². The Hall–Kier alpha value is -1.88. The molecule has 2 rings (SSSR count). The fourth-order valence-corrected chi connectivity index (χ4v) is 2.05. The smallest absolute Gasteiger partial charge is 0.375 e. The normalized spacial score (nSPS) is 17.4. The summed E-state index contributed by atoms with van der Waals surface area (Å²) in [7, 11) is 0. The minimum atomic E-state index is -1.16. The standard InChI is InChI=1S/C13H11ClO5/c1-2-18-13(17)11(16)8-6-19-12-7(10(8)15)4-3-5-9(12)14/h3-5,8H,2,6H2,1H3. The van der Waals surface area contributed by atoms with E-state index in [-0.39, 0.29) is 24.5 Å². The average molecular weight is 283 g/mol. The lowest BCUT2D eigenvalue weighted by molar-refractivity contribution is -0.155. The average Bonchev–Trinajstić information content (AvgIpc) is 2.40. The van der Waals surface area contributed by atoms with Gasteiger partial charge in [-0.3, -0.25) is 9.59 Å². The van der Waals surface area contributed by atoms with Crippen LogP contribution in [0.1, 0.15) is 17.3 Å². The molecule has 0 fully saturated rings. The maximum absolute atomic E-state index is 12.2. The number of halogens is 1. The lowest BCUT2D eigenvalue weighted by atomic mass is 9.91. The Balaban J connectivity index is 2.27. The molecule has 6 heteroatoms. The van der Waals surface area contributed by atoms with E-state index in [1.165, 1.54) is 6.07 Å². The summed E-state index contributed by atoms with van der Waals surface area (Å²) in [5, 5.41) is 0.299. The molecule has 0 N–H and O–H groups in total. The number of para-hydroxylation sites is 1. The lowest BCUT2D eigenvalue weighted by Gasteiger charge is -2.23. The highest BCUT2D eigenvalue weighted by atomic mass is 35.5. The van der Waals surface area contributed by atoms with E-state index in [0.717, 1.165) is 0 Å². The summed E-state index contributed by atoms with van der Waals surface area (Å²) in [6.07, 6.45) is 0. The summed E-state index contributed by atoms with van der Waals surface area (Å²) in [4.78, 5) is 35.3. The molecule has 1 atom stereocenters. The molecule has 100 valence electrons. The number of fused-ring (bicyclic) bond motifs is 1. The van der Waals surface area contributed by atoms with Crippen molar-refractivity contribution in [1.82, 2.24) is 0 Å². The van der Waals surface area contributed by atoms with E-state index in [1.807, 2.05) is 0 Å². The number of rotatable bonds is 3. The molecule has 0 radical (unpaired) electrons. The van der Waals surface area contributed by atoms with E-state index in [9.17, 15) is 14.4 Å². The first-order valence-corrected chi connectivity index (χ1v) is 6.10. The quantitative estimate of drug-likeness (QED) is 0.479. The van der Waals surface area contributed by atoms with Crippen LogP contribution in [0, 0.1) is 5.92 Å². The number of benzene rings is 1. The van der Waals surface area contributed by atoms with Crippen LogP contribution in [0.4, 0.5) is 0 Å². The summed E-state index contributed by atoms with van der Waals surface area (Å²) in [5.74, 6) is -3.29. The molecule has 19 heavy (non-hydrogen) atoms. The zero-order valence-electron chi connectivity index (χ0n) is 10.1. The van der Waals surface area contributed by atoms with Gasteiger partial charge in [0.25, 0.3) is 5.78 Å². The van der Waals surface area contributed by atoms with Crippen LogP contribution in [0.5, 0.6) is 5.75 Å². The number of esters is 1. The molecule has 1 unspecified atom stereocenters. The van der Waals surface area contributed by atoms with Gasteiger partial charge in [0.05, 0.1) is 17.2 Å². The third-order valence-corrected chi connectivity index (χ3v) is 3.03. The maximum Gasteiger partial charge on any atom is 0.375 e. The molecule has 0 saturated carbocycles. The summed E-state index contributed by atoms with van der Waals surface area (Å²) in [5.41, 5.74) is 0.210. The molecule has 1 aromatic carbocycles. The van der Waals surface area contributed by atoms with Gasteiger partial charge in [0.2, 0.25) is 0 Å². The van der Waals surface area contributed by atoms with E-state index < -0.39 is 23.5 Å². The van der Waals surface area contributed by atoms with Gasteiger partial charge in [-0.15, -0.1) is 0 Å². The van der Waals surface area contributed by atoms with Crippen molar-refractivity contribution < 1.29 is 23.9 Å². The summed E-state index contributed by atoms with van der Waals surface area (Å²) >= 11 is 5.89. The second kappa shape index (κ2) is 5.40. The minimum absolute atomic E-state index is 0.0781. The van der Waals surface area contributed by atoms with Crippen molar-refractivity contribution in [2.45, 2.75) is 6.92 Å². The van der Waals surface area contributed by atoms with Gasteiger partial charge in [0, 0.05) is 0 Å². The van der Waals surface area contributed by atoms with Crippen LogP contribution >= 0.6 is 11.6 Å². The number of ketones is 2. The van der Waals surface area contributed by atoms with Crippen molar-refractivity contribution in [3.05, 3.63) is 28.8 Å². The number of carbonyl (C=O) groups excluding carboxylic acids is 3. The largest absolute Gasteiger partial charge is 0.490 e. The van der Waals surface area contributed by atoms with Gasteiger partial charge in [-0.1, -0.05) is 17.7 Å². The van der Waals surface area contributed by atoms with E-state index in [0.29, 0.717) is 5.02 Å². The highest BCUT2D eigenvalue weighted by Crippen LogP contribution is 2.34. The first kappa shape index (κ1) is 13.5. The molecule has 1 aromatic rings. The molecule has 1 aliphatic heterocycles. The van der Waals surface area contributed by atoms with Crippen molar-refractivity contribution in [2.75, 3.05) is 13.2 Å². The molecule has 0 saturated heterocycles. The fraction of sp³-hybridized carbons (Fsp3) is 0.308. The van der Waals surface area contributed by atoms with Crippen LogP contribution in [0.15, 0.2) is 18.2 Å². The molecule has 0 aromatic heterocycles. The molecular formula is C13H11ClO5. The maximum atomic E-state index is 12.2. The molecule has 1 aliphatic rings. The number of hydrogen-bond donors (Lipinski definition) is 0. The van der Waals surface area contributed by atoms with Crippen LogP contribution in [-0.2, 0) is 14.3 Å². The second-order valence-corrected chi connectivity index (χ2v) is 4.34. The number of carbonyl (C=O) groups is 3. The summed E-state index contributed by atoms with van der Waals surface area (Å²) in [6, 6.07) is 4.68. The van der Waals surface area contributed by atoms with Crippen LogP contribution in [-0.4, -0.2) is 30.7 Å². The summed E-state index contributed by atoms with van der Waals surface area (Å²) in [6.45, 7) is 1.46. The molecule has 5 nitrogen and oxygen atoms in total. The summed E-state index contributed by atoms with van der Waals surface area (Å²) < 4.78 is 9.90. The van der Waals surface area contributed by atoms with Crippen LogP contribution in [0.25, 0.3) is 0 Å². The Bertz CT molecular complexity index is 552. The molecular weight excluding hydrogens is 272 g/mol. The van der Waals surface area contributed by atoms with Gasteiger partial charge < -0.3 is 9.47 Å². The van der Waals surface area contributed by atoms with Crippen LogP contribution in [0.3, 0.4) is 0 Å². The Morgan fingerprint density at radius 1 is 1.47 bits per heavy atom. The monoisotopic (exact) mass is 282 g/mol. The predicted octanol–water partition coefficient (Wildman–Crippen LogP) is 1.66. The molecule has 1 heterocycles. The SMILES string of the molecule is CCOC(=O)C(=O)C1COc2c(Cl)cccc2C1=O. The number of Topliss-reactive ketones (excluding diaryl/α,β-unsaturated/α-hetero) is 2. The van der Waals surface area contributed by atoms with E-state index in [4.69, 9.17) is 16.3 Å². The van der Waals surface area contributed by atoms with Crippen LogP contribution < -0.4 is 4.74 Å². The van der Waals surface area contributed by atoms with Crippen molar-refractivity contribution in [2.24, 2.45) is 5.92 Å². The number of ether oxygens (including phenoxy) is 2. The lowest BCUT2D eigenvalue weighted by Crippen LogP contribution is -2.38. The van der Waals surface area contributed by atoms with E-state index >= 15 is 0 Å². The Morgan fingerprint density at radius 3 is 2.89 bits per heavy atom. The van der Waals surface area contributed by atoms with Gasteiger partial charge in [0.15, 0.2) is 5.78 Å². The minimum Gasteiger partial charge on any atom is -0.490 e. The highest BCUT2D eigenvalue weighted by Gasteiger charge is 2.38. The Kier molecular flexibility index (Phi) is 3.85. The zero-order chi connectivity index (χ0) is 14.0. The predicted molar refractivity (Wildman–Crippen MR) is 66.4 cm³/mol. The van der Waals surface area contributed by atoms with Crippen molar-refractivity contribution >= 4 is 29.1 Å². The fourth-order valence-electron chi connectivity index (χ4n) is 1.82. The van der Waals surface area contributed by atoms with Gasteiger partial charge in [-0.2, -0.15) is 0 Å². The Morgan fingerprint density at radius 2 is 2.21 bits per heavy atom. The van der Waals surface area contributed by atoms with Crippen molar-refractivity contribution in [3.63, 3.8) is 0 Å². The topological polar surface area (TPSA) is 69.7 Å². The van der Waals surface area contributed by atoms with Gasteiger partial charge in [0.1, 0.15) is 18.3 Å². The van der Waals surface area contributed by atoms with Crippen molar-refractivity contribution in [1.29, 1.82) is 0 Å². The first-order valence-electron chi connectivity index (χ1n) is 5.72. The highest BCUT2D eigenvalue weighted by molar-refractivity contribution is 6.40. The molecule has 0 amide bonds. The van der Waals surface area contributed by atoms with Crippen molar-refractivity contribution in [3.8, 4) is 5.75 Å². The zero-order valence-corrected chi connectivity index (χ0v) is 10.9. The molecule has 0 aliphatic carbocycles. The van der Waals surface area contributed by atoms with Gasteiger partial charge >= 0.3 is 5.97 Å². The van der Waals surface area contributed by atoms with E-state index in [1.54, 1.807) is 19.1 Å². The second-order valence-electron chi connectivity index (χ2n) is 3.93. The third kappa shape index (κ3) is 2.46. The molecule has 0 spiro atoms. The van der Waals surface area contributed by atoms with Gasteiger partial charge in [-0.05, 0) is 19.1 Å². The number of hydrogen-bond acceptors (Lipinski definition) is 5. The third-order valence-electron chi connectivity index (χ3n) is 2.74. The first-order chi connectivity index (χ1) is 9.06.